The molecule has 0 saturated heterocycles. The Balaban J connectivity index is 3.22. The van der Waals surface area contributed by atoms with E-state index in [4.69, 9.17) is 4.74 Å². The molecule has 1 aromatic carbocycles. The Kier molecular flexibility index (Phi) is 4.41. The Bertz CT molecular complexity index is 367. The molecule has 0 bridgehead atoms. The molecule has 88 valence electrons. The first-order chi connectivity index (χ1) is 7.60. The fourth-order valence-corrected chi connectivity index (χ4v) is 1.86. The fraction of sp³-hybridized carbons (Fsp3) is 0.429. The van der Waals surface area contributed by atoms with E-state index in [0.29, 0.717) is 11.7 Å². The van der Waals surface area contributed by atoms with Crippen molar-refractivity contribution >= 4 is 0 Å². The molecular formula is C14H20O2. The van der Waals surface area contributed by atoms with Crippen molar-refractivity contribution in [3.05, 3.63) is 35.9 Å². The molecule has 0 saturated carbocycles. The summed E-state index contributed by atoms with van der Waals surface area (Å²) in [4.78, 5) is 0. The van der Waals surface area contributed by atoms with Crippen LogP contribution in [0.15, 0.2) is 24.8 Å². The summed E-state index contributed by atoms with van der Waals surface area (Å²) in [5, 5.41) is 9.75. The molecule has 0 aliphatic carbocycles. The molecule has 1 N–H and O–H groups in total. The van der Waals surface area contributed by atoms with E-state index in [0.717, 1.165) is 18.4 Å². The highest BCUT2D eigenvalue weighted by Gasteiger charge is 2.14. The lowest BCUT2D eigenvalue weighted by molar-refractivity contribution is 0.366. The van der Waals surface area contributed by atoms with Crippen LogP contribution < -0.4 is 4.74 Å². The van der Waals surface area contributed by atoms with E-state index in [-0.39, 0.29) is 5.75 Å². The van der Waals surface area contributed by atoms with E-state index in [1.807, 2.05) is 12.1 Å². The largest absolute Gasteiger partial charge is 0.504 e. The second-order valence-electron chi connectivity index (χ2n) is 4.35. The standard InChI is InChI=1S/C14H20O2/c1-5-6-11-7-8-13(15)14(16-4)12(11)9-10(2)3/h5,7-8,10,15H,1,6,9H2,2-4H3. The molecule has 0 heterocycles. The second kappa shape index (κ2) is 5.59. The maximum atomic E-state index is 9.75. The van der Waals surface area contributed by atoms with Crippen molar-refractivity contribution in [1.29, 1.82) is 0 Å². The van der Waals surface area contributed by atoms with Crippen LogP contribution in [0.2, 0.25) is 0 Å². The van der Waals surface area contributed by atoms with E-state index < -0.39 is 0 Å². The number of phenolic OH excluding ortho intramolecular Hbond substituents is 1. The van der Waals surface area contributed by atoms with Crippen LogP contribution in [0.3, 0.4) is 0 Å². The number of aromatic hydroxyl groups is 1. The highest BCUT2D eigenvalue weighted by molar-refractivity contribution is 5.50. The Labute approximate surface area is 97.6 Å². The average molecular weight is 220 g/mol. The van der Waals surface area contributed by atoms with Gasteiger partial charge in [-0.3, -0.25) is 0 Å². The molecule has 2 nitrogen and oxygen atoms in total. The average Bonchev–Trinajstić information content (AvgIpc) is 2.22. The molecular weight excluding hydrogens is 200 g/mol. The number of allylic oxidation sites excluding steroid dienone is 1. The minimum absolute atomic E-state index is 0.214. The van der Waals surface area contributed by atoms with Crippen LogP contribution >= 0.6 is 0 Å². The topological polar surface area (TPSA) is 29.5 Å². The van der Waals surface area contributed by atoms with Crippen molar-refractivity contribution in [2.45, 2.75) is 26.7 Å². The zero-order valence-electron chi connectivity index (χ0n) is 10.3. The van der Waals surface area contributed by atoms with Crippen molar-refractivity contribution in [1.82, 2.24) is 0 Å². The van der Waals surface area contributed by atoms with Gasteiger partial charge in [-0.05, 0) is 30.4 Å². The van der Waals surface area contributed by atoms with Crippen LogP contribution in [0.25, 0.3) is 0 Å². The summed E-state index contributed by atoms with van der Waals surface area (Å²) >= 11 is 0. The Morgan fingerprint density at radius 1 is 1.44 bits per heavy atom. The lowest BCUT2D eigenvalue weighted by atomic mass is 9.95. The summed E-state index contributed by atoms with van der Waals surface area (Å²) in [5.41, 5.74) is 2.27. The van der Waals surface area contributed by atoms with Gasteiger partial charge in [0.25, 0.3) is 0 Å². The number of ether oxygens (including phenoxy) is 1. The molecule has 0 atom stereocenters. The normalized spacial score (nSPS) is 10.5. The lowest BCUT2D eigenvalue weighted by Crippen LogP contribution is -2.02. The molecule has 0 fully saturated rings. The Morgan fingerprint density at radius 2 is 2.12 bits per heavy atom. The van der Waals surface area contributed by atoms with Crippen LogP contribution in [0.5, 0.6) is 11.5 Å². The maximum Gasteiger partial charge on any atom is 0.163 e. The summed E-state index contributed by atoms with van der Waals surface area (Å²) in [7, 11) is 1.59. The molecule has 0 radical (unpaired) electrons. The molecule has 0 aliphatic rings. The minimum Gasteiger partial charge on any atom is -0.504 e. The summed E-state index contributed by atoms with van der Waals surface area (Å²) in [6, 6.07) is 3.62. The highest BCUT2D eigenvalue weighted by atomic mass is 16.5. The van der Waals surface area contributed by atoms with Crippen LogP contribution in [-0.4, -0.2) is 12.2 Å². The number of methoxy groups -OCH3 is 1. The zero-order chi connectivity index (χ0) is 12.1. The van der Waals surface area contributed by atoms with Crippen LogP contribution in [0, 0.1) is 5.92 Å². The van der Waals surface area contributed by atoms with Gasteiger partial charge in [0, 0.05) is 5.56 Å². The first-order valence-corrected chi connectivity index (χ1v) is 5.58. The van der Waals surface area contributed by atoms with Gasteiger partial charge in [-0.2, -0.15) is 0 Å². The number of rotatable bonds is 5. The van der Waals surface area contributed by atoms with Crippen molar-refractivity contribution in [2.75, 3.05) is 7.11 Å². The van der Waals surface area contributed by atoms with Crippen molar-refractivity contribution < 1.29 is 9.84 Å². The molecule has 0 amide bonds. The van der Waals surface area contributed by atoms with Gasteiger partial charge < -0.3 is 9.84 Å². The monoisotopic (exact) mass is 220 g/mol. The molecule has 0 aromatic heterocycles. The lowest BCUT2D eigenvalue weighted by Gasteiger charge is -2.16. The van der Waals surface area contributed by atoms with Crippen LogP contribution in [0.4, 0.5) is 0 Å². The molecule has 2 heteroatoms. The number of hydrogen-bond donors (Lipinski definition) is 1. The summed E-state index contributed by atoms with van der Waals surface area (Å²) in [6.45, 7) is 8.06. The van der Waals surface area contributed by atoms with Crippen LogP contribution in [0.1, 0.15) is 25.0 Å². The van der Waals surface area contributed by atoms with E-state index in [2.05, 4.69) is 20.4 Å². The molecule has 0 aliphatic heterocycles. The highest BCUT2D eigenvalue weighted by Crippen LogP contribution is 2.34. The third-order valence-electron chi connectivity index (χ3n) is 2.52. The smallest absolute Gasteiger partial charge is 0.163 e. The Hall–Kier alpha value is -1.44. The second-order valence-corrected chi connectivity index (χ2v) is 4.35. The zero-order valence-corrected chi connectivity index (χ0v) is 10.3. The molecule has 1 rings (SSSR count). The predicted octanol–water partition coefficient (Wildman–Crippen LogP) is 3.33. The number of phenols is 1. The first-order valence-electron chi connectivity index (χ1n) is 5.58. The van der Waals surface area contributed by atoms with E-state index >= 15 is 0 Å². The van der Waals surface area contributed by atoms with Crippen LogP contribution in [-0.2, 0) is 12.8 Å². The van der Waals surface area contributed by atoms with Gasteiger partial charge in [0.2, 0.25) is 0 Å². The van der Waals surface area contributed by atoms with E-state index in [9.17, 15) is 5.11 Å². The number of benzene rings is 1. The van der Waals surface area contributed by atoms with E-state index in [1.54, 1.807) is 13.2 Å². The van der Waals surface area contributed by atoms with Gasteiger partial charge in [-0.25, -0.2) is 0 Å². The summed E-state index contributed by atoms with van der Waals surface area (Å²) < 4.78 is 5.28. The predicted molar refractivity (Wildman–Crippen MR) is 67.1 cm³/mol. The van der Waals surface area contributed by atoms with Gasteiger partial charge in [-0.1, -0.05) is 26.0 Å². The van der Waals surface area contributed by atoms with Gasteiger partial charge in [0.05, 0.1) is 7.11 Å². The minimum atomic E-state index is 0.214. The molecule has 16 heavy (non-hydrogen) atoms. The quantitative estimate of drug-likeness (QED) is 0.771. The number of hydrogen-bond acceptors (Lipinski definition) is 2. The fourth-order valence-electron chi connectivity index (χ4n) is 1.86. The Morgan fingerprint density at radius 3 is 2.62 bits per heavy atom. The third kappa shape index (κ3) is 2.78. The van der Waals surface area contributed by atoms with Crippen molar-refractivity contribution in [3.63, 3.8) is 0 Å². The molecule has 1 aromatic rings. The van der Waals surface area contributed by atoms with E-state index in [1.165, 1.54) is 5.56 Å². The molecule has 0 unspecified atom stereocenters. The van der Waals surface area contributed by atoms with Gasteiger partial charge in [0.15, 0.2) is 11.5 Å². The summed E-state index contributed by atoms with van der Waals surface area (Å²) in [6.07, 6.45) is 3.58. The van der Waals surface area contributed by atoms with Gasteiger partial charge in [0.1, 0.15) is 0 Å². The summed E-state index contributed by atoms with van der Waals surface area (Å²) in [5.74, 6) is 1.35. The maximum absolute atomic E-state index is 9.75. The van der Waals surface area contributed by atoms with Gasteiger partial charge in [-0.15, -0.1) is 6.58 Å². The SMILES string of the molecule is C=CCc1ccc(O)c(OC)c1CC(C)C. The molecule has 0 spiro atoms. The first kappa shape index (κ1) is 12.6. The van der Waals surface area contributed by atoms with Crippen molar-refractivity contribution in [2.24, 2.45) is 5.92 Å². The van der Waals surface area contributed by atoms with Crippen molar-refractivity contribution in [3.8, 4) is 11.5 Å². The third-order valence-corrected chi connectivity index (χ3v) is 2.52. The van der Waals surface area contributed by atoms with Gasteiger partial charge >= 0.3 is 0 Å².